The molecule has 6 aromatic rings. The smallest absolute Gasteiger partial charge is 0.247 e. The van der Waals surface area contributed by atoms with Crippen LogP contribution in [-0.2, 0) is 5.41 Å². The van der Waals surface area contributed by atoms with E-state index in [1.54, 1.807) is 0 Å². The molecule has 0 spiro atoms. The van der Waals surface area contributed by atoms with Crippen molar-refractivity contribution in [3.05, 3.63) is 161 Å². The van der Waals surface area contributed by atoms with Gasteiger partial charge in [-0.1, -0.05) is 103 Å². The number of aryl methyl sites for hydroxylation is 3. The molecule has 2 heterocycles. The average Bonchev–Trinajstić information content (AvgIpc) is 3.05. The third kappa shape index (κ3) is 4.25. The molecule has 0 fully saturated rings. The molecule has 218 valence electrons. The van der Waals surface area contributed by atoms with Crippen molar-refractivity contribution in [2.45, 2.75) is 40.0 Å². The minimum absolute atomic E-state index is 0.158. The number of anilines is 6. The number of hydrogen-bond donors (Lipinski definition) is 0. The Kier molecular flexibility index (Phi) is 6.29. The highest BCUT2D eigenvalue weighted by Crippen LogP contribution is 2.45. The van der Waals surface area contributed by atoms with Crippen LogP contribution in [0, 0.1) is 20.8 Å². The summed E-state index contributed by atoms with van der Waals surface area (Å²) >= 11 is 0. The van der Waals surface area contributed by atoms with E-state index in [0.29, 0.717) is 0 Å². The molecular weight excluding hydrogens is 543 g/mol. The van der Waals surface area contributed by atoms with Gasteiger partial charge in [-0.15, -0.1) is 0 Å². The predicted octanol–water partition coefficient (Wildman–Crippen LogP) is 9.02. The van der Waals surface area contributed by atoms with Gasteiger partial charge in [0.15, 0.2) is 0 Å². The molecule has 0 saturated heterocycles. The van der Waals surface area contributed by atoms with Crippen LogP contribution in [0.2, 0.25) is 0 Å². The fourth-order valence-electron chi connectivity index (χ4n) is 7.94. The van der Waals surface area contributed by atoms with E-state index in [2.05, 4.69) is 178 Å². The Labute approximate surface area is 267 Å². The van der Waals surface area contributed by atoms with Crippen LogP contribution in [0.5, 0.6) is 0 Å². The summed E-state index contributed by atoms with van der Waals surface area (Å²) in [5, 5.41) is 0. The Morgan fingerprint density at radius 1 is 0.556 bits per heavy atom. The van der Waals surface area contributed by atoms with E-state index >= 15 is 0 Å². The number of hydrogen-bond acceptors (Lipinski definition) is 2. The summed E-state index contributed by atoms with van der Waals surface area (Å²) in [6.07, 6.45) is 0. The minimum Gasteiger partial charge on any atom is -0.312 e. The maximum absolute atomic E-state index is 2.49. The minimum atomic E-state index is -0.198. The molecule has 2 aliphatic rings. The standard InChI is InChI=1S/C42H37BN2/c1-28-16-20-33(21-17-28)45-38-24-18-29(2)26-37(38)43-36-23-22-34(44(31-12-8-6-9-13-31)32-14-10-7-11-15-32)27-35(36)42(4,5)40-30(3)19-25-39(45)41(40)43/h6-27H,1-5H3. The van der Waals surface area contributed by atoms with Crippen molar-refractivity contribution in [2.75, 3.05) is 9.80 Å². The van der Waals surface area contributed by atoms with Gasteiger partial charge >= 0.3 is 0 Å². The summed E-state index contributed by atoms with van der Waals surface area (Å²) in [7, 11) is 0. The number of nitrogens with zero attached hydrogens (tertiary/aromatic N) is 2. The molecular formula is C42H37BN2. The van der Waals surface area contributed by atoms with Gasteiger partial charge in [0.2, 0.25) is 6.71 Å². The molecule has 0 aliphatic carbocycles. The summed E-state index contributed by atoms with van der Waals surface area (Å²) in [5.41, 5.74) is 18.0. The molecule has 2 nitrogen and oxygen atoms in total. The quantitative estimate of drug-likeness (QED) is 0.192. The van der Waals surface area contributed by atoms with Gasteiger partial charge in [0.1, 0.15) is 0 Å². The van der Waals surface area contributed by atoms with Crippen LogP contribution < -0.4 is 26.2 Å². The van der Waals surface area contributed by atoms with Gasteiger partial charge in [-0.3, -0.25) is 0 Å². The molecule has 6 aromatic carbocycles. The monoisotopic (exact) mass is 580 g/mol. The van der Waals surface area contributed by atoms with Crippen LogP contribution >= 0.6 is 0 Å². The highest BCUT2D eigenvalue weighted by atomic mass is 15.2. The summed E-state index contributed by atoms with van der Waals surface area (Å²) in [5.74, 6) is 0. The molecule has 0 atom stereocenters. The van der Waals surface area contributed by atoms with Crippen molar-refractivity contribution >= 4 is 57.2 Å². The Bertz CT molecular complexity index is 2020. The first-order valence-corrected chi connectivity index (χ1v) is 16.0. The van der Waals surface area contributed by atoms with Crippen LogP contribution in [0.25, 0.3) is 0 Å². The summed E-state index contributed by atoms with van der Waals surface area (Å²) in [6, 6.07) is 49.3. The molecule has 45 heavy (non-hydrogen) atoms. The average molecular weight is 581 g/mol. The van der Waals surface area contributed by atoms with Crippen molar-refractivity contribution in [1.82, 2.24) is 0 Å². The zero-order valence-electron chi connectivity index (χ0n) is 26.7. The lowest BCUT2D eigenvalue weighted by atomic mass is 9.30. The fraction of sp³-hybridized carbons (Fsp3) is 0.143. The topological polar surface area (TPSA) is 6.48 Å². The SMILES string of the molecule is Cc1ccc(N2c3ccc(C)cc3B3c4ccc(N(c5ccccc5)c5ccccc5)cc4C(C)(C)c4c(C)ccc2c43)cc1. The van der Waals surface area contributed by atoms with Crippen LogP contribution in [-0.4, -0.2) is 6.71 Å². The van der Waals surface area contributed by atoms with Gasteiger partial charge in [0.25, 0.3) is 0 Å². The maximum atomic E-state index is 2.49. The molecule has 0 amide bonds. The molecule has 0 aromatic heterocycles. The zero-order chi connectivity index (χ0) is 30.9. The Morgan fingerprint density at radius 2 is 1.18 bits per heavy atom. The fourth-order valence-corrected chi connectivity index (χ4v) is 7.94. The van der Waals surface area contributed by atoms with E-state index in [-0.39, 0.29) is 12.1 Å². The molecule has 0 unspecified atom stereocenters. The van der Waals surface area contributed by atoms with Crippen LogP contribution in [0.4, 0.5) is 34.1 Å². The number of benzene rings is 6. The first kappa shape index (κ1) is 27.5. The molecule has 0 radical (unpaired) electrons. The highest BCUT2D eigenvalue weighted by Gasteiger charge is 2.46. The number of fused-ring (bicyclic) bond motifs is 4. The van der Waals surface area contributed by atoms with Crippen LogP contribution in [0.3, 0.4) is 0 Å². The van der Waals surface area contributed by atoms with E-state index in [4.69, 9.17) is 0 Å². The largest absolute Gasteiger partial charge is 0.312 e. The summed E-state index contributed by atoms with van der Waals surface area (Å²) in [6.45, 7) is 11.7. The van der Waals surface area contributed by atoms with Gasteiger partial charge < -0.3 is 9.80 Å². The zero-order valence-corrected chi connectivity index (χ0v) is 26.7. The van der Waals surface area contributed by atoms with E-state index < -0.39 is 0 Å². The van der Waals surface area contributed by atoms with Gasteiger partial charge in [0, 0.05) is 39.5 Å². The summed E-state index contributed by atoms with van der Waals surface area (Å²) in [4.78, 5) is 4.87. The van der Waals surface area contributed by atoms with Crippen molar-refractivity contribution < 1.29 is 0 Å². The van der Waals surface area contributed by atoms with E-state index in [0.717, 1.165) is 11.4 Å². The first-order chi connectivity index (χ1) is 21.8. The molecule has 0 N–H and O–H groups in total. The lowest BCUT2D eigenvalue weighted by Crippen LogP contribution is -2.64. The molecule has 0 bridgehead atoms. The predicted molar refractivity (Wildman–Crippen MR) is 193 cm³/mol. The Balaban J connectivity index is 1.39. The van der Waals surface area contributed by atoms with E-state index in [1.807, 2.05) is 0 Å². The third-order valence-corrected chi connectivity index (χ3v) is 9.92. The third-order valence-electron chi connectivity index (χ3n) is 9.92. The van der Waals surface area contributed by atoms with Gasteiger partial charge in [0.05, 0.1) is 0 Å². The number of rotatable bonds is 4. The van der Waals surface area contributed by atoms with Crippen molar-refractivity contribution in [1.29, 1.82) is 0 Å². The lowest BCUT2D eigenvalue weighted by molar-refractivity contribution is 0.641. The molecule has 2 aliphatic heterocycles. The second-order valence-corrected chi connectivity index (χ2v) is 13.3. The Hall–Kier alpha value is -5.02. The maximum Gasteiger partial charge on any atom is 0.247 e. The van der Waals surface area contributed by atoms with Crippen molar-refractivity contribution in [3.63, 3.8) is 0 Å². The van der Waals surface area contributed by atoms with E-state index in [9.17, 15) is 0 Å². The van der Waals surface area contributed by atoms with Crippen molar-refractivity contribution in [3.8, 4) is 0 Å². The van der Waals surface area contributed by atoms with Crippen molar-refractivity contribution in [2.24, 2.45) is 0 Å². The van der Waals surface area contributed by atoms with Gasteiger partial charge in [-0.05, 0) is 109 Å². The molecule has 3 heteroatoms. The molecule has 8 rings (SSSR count). The molecule has 0 saturated carbocycles. The number of para-hydroxylation sites is 2. The highest BCUT2D eigenvalue weighted by molar-refractivity contribution is 6.99. The normalized spacial score (nSPS) is 14.0. The second kappa shape index (κ2) is 10.3. The van der Waals surface area contributed by atoms with Gasteiger partial charge in [-0.25, -0.2) is 0 Å². The van der Waals surface area contributed by atoms with Gasteiger partial charge in [-0.2, -0.15) is 0 Å². The Morgan fingerprint density at radius 3 is 1.84 bits per heavy atom. The van der Waals surface area contributed by atoms with Crippen LogP contribution in [0.15, 0.2) is 133 Å². The van der Waals surface area contributed by atoms with E-state index in [1.165, 1.54) is 67.0 Å². The first-order valence-electron chi connectivity index (χ1n) is 16.0. The second-order valence-electron chi connectivity index (χ2n) is 13.3. The lowest BCUT2D eigenvalue weighted by Gasteiger charge is -2.46. The summed E-state index contributed by atoms with van der Waals surface area (Å²) < 4.78 is 0. The van der Waals surface area contributed by atoms with Crippen LogP contribution in [0.1, 0.15) is 41.7 Å².